The van der Waals surface area contributed by atoms with Crippen LogP contribution >= 0.6 is 0 Å². The van der Waals surface area contributed by atoms with Crippen molar-refractivity contribution in [3.05, 3.63) is 83.1 Å². The lowest BCUT2D eigenvalue weighted by atomic mass is 9.91. The molecule has 50 heavy (non-hydrogen) atoms. The van der Waals surface area contributed by atoms with Crippen molar-refractivity contribution >= 4 is 34.5 Å². The first-order chi connectivity index (χ1) is 23.8. The molecule has 1 saturated heterocycles. The Morgan fingerprint density at radius 2 is 1.88 bits per heavy atom. The van der Waals surface area contributed by atoms with Gasteiger partial charge < -0.3 is 29.6 Å². The Morgan fingerprint density at radius 1 is 1.12 bits per heavy atom. The van der Waals surface area contributed by atoms with Gasteiger partial charge in [-0.1, -0.05) is 24.3 Å². The van der Waals surface area contributed by atoms with Crippen LogP contribution in [0.4, 0.5) is 14.9 Å². The molecule has 1 aliphatic heterocycles. The van der Waals surface area contributed by atoms with Crippen molar-refractivity contribution in [2.45, 2.75) is 83.9 Å². The minimum absolute atomic E-state index is 0.0359. The van der Waals surface area contributed by atoms with Crippen LogP contribution in [-0.4, -0.2) is 75.6 Å². The van der Waals surface area contributed by atoms with Crippen LogP contribution in [0.15, 0.2) is 54.9 Å². The summed E-state index contributed by atoms with van der Waals surface area (Å²) in [5, 5.41) is 10.7. The van der Waals surface area contributed by atoms with Gasteiger partial charge >= 0.3 is 6.09 Å². The summed E-state index contributed by atoms with van der Waals surface area (Å²) in [6.07, 6.45) is 5.45. The summed E-state index contributed by atoms with van der Waals surface area (Å²) in [6.45, 7) is 9.72. The van der Waals surface area contributed by atoms with Crippen LogP contribution in [0.25, 0.3) is 10.9 Å². The highest BCUT2D eigenvalue weighted by atomic mass is 19.1. The standard InChI is InChI=1S/C38H49FN6O5/c1-25-31-11-7-12-32(39)35(31)45(18-9-19-49-6)34(25)27-10-8-17-44(24-27)33(46)21-30(42-37(48)50-38(2,3)4)20-26-13-15-29(16-14-26)41-36(47)28-22-40-43(5)23-28/h7,11-16,22-23,27,30H,8-10,17-21,24H2,1-6H3,(H,41,47)(H,42,48). The average Bonchev–Trinajstić information content (AvgIpc) is 3.62. The van der Waals surface area contributed by atoms with Crippen LogP contribution in [-0.2, 0) is 34.3 Å². The Hall–Kier alpha value is -4.71. The van der Waals surface area contributed by atoms with Crippen LogP contribution in [0.2, 0.25) is 0 Å². The van der Waals surface area contributed by atoms with Gasteiger partial charge in [0.25, 0.3) is 5.91 Å². The number of nitrogens with one attached hydrogen (secondary N) is 2. The van der Waals surface area contributed by atoms with Gasteiger partial charge in [0.05, 0.1) is 17.3 Å². The highest BCUT2D eigenvalue weighted by Crippen LogP contribution is 2.37. The molecule has 2 unspecified atom stereocenters. The molecule has 11 nitrogen and oxygen atoms in total. The highest BCUT2D eigenvalue weighted by molar-refractivity contribution is 6.03. The molecule has 12 heteroatoms. The number of carbonyl (C=O) groups excluding carboxylic acids is 3. The number of aryl methyl sites for hydroxylation is 3. The summed E-state index contributed by atoms with van der Waals surface area (Å²) in [6, 6.07) is 12.0. The molecule has 0 aliphatic carbocycles. The molecule has 4 aromatic rings. The molecule has 1 aliphatic rings. The fraction of sp³-hybridized carbons (Fsp3) is 0.474. The first kappa shape index (κ1) is 36.6. The Kier molecular flexibility index (Phi) is 11.6. The van der Waals surface area contributed by atoms with E-state index in [-0.39, 0.29) is 30.0 Å². The molecule has 1 fully saturated rings. The third-order valence-corrected chi connectivity index (χ3v) is 9.03. The molecule has 0 saturated carbocycles. The third kappa shape index (κ3) is 9.09. The van der Waals surface area contributed by atoms with E-state index in [0.717, 1.165) is 41.5 Å². The molecule has 3 amide bonds. The SMILES string of the molecule is COCCCn1c(C2CCCN(C(=O)CC(Cc3ccc(NC(=O)c4cnn(C)c4)cc3)NC(=O)OC(C)(C)C)C2)c(C)c2cccc(F)c21. The molecule has 2 atom stereocenters. The van der Waals surface area contributed by atoms with Crippen LogP contribution in [0.3, 0.4) is 0 Å². The number of ether oxygens (including phenoxy) is 2. The number of nitrogens with zero attached hydrogens (tertiary/aromatic N) is 4. The average molecular weight is 689 g/mol. The fourth-order valence-corrected chi connectivity index (χ4v) is 6.84. The zero-order chi connectivity index (χ0) is 36.0. The Labute approximate surface area is 293 Å². The zero-order valence-corrected chi connectivity index (χ0v) is 29.9. The number of alkyl carbamates (subject to hydrolysis) is 1. The molecule has 0 radical (unpaired) electrons. The number of hydrogen-bond acceptors (Lipinski definition) is 6. The third-order valence-electron chi connectivity index (χ3n) is 9.03. The lowest BCUT2D eigenvalue weighted by Crippen LogP contribution is -2.46. The number of amides is 3. The van der Waals surface area contributed by atoms with Crippen LogP contribution in [0, 0.1) is 12.7 Å². The van der Waals surface area contributed by atoms with Crippen molar-refractivity contribution in [2.75, 3.05) is 32.1 Å². The molecular formula is C38H49FN6O5. The van der Waals surface area contributed by atoms with Crippen molar-refractivity contribution in [2.24, 2.45) is 7.05 Å². The number of likely N-dealkylation sites (tertiary alicyclic amines) is 1. The number of anilines is 1. The van der Waals surface area contributed by atoms with Gasteiger partial charge in [0, 0.05) is 81.7 Å². The fourth-order valence-electron chi connectivity index (χ4n) is 6.84. The van der Waals surface area contributed by atoms with E-state index in [9.17, 15) is 14.4 Å². The summed E-state index contributed by atoms with van der Waals surface area (Å²) in [7, 11) is 3.41. The van der Waals surface area contributed by atoms with Crippen molar-refractivity contribution in [3.63, 3.8) is 0 Å². The maximum Gasteiger partial charge on any atom is 0.407 e. The smallest absolute Gasteiger partial charge is 0.407 e. The van der Waals surface area contributed by atoms with E-state index in [0.29, 0.717) is 49.4 Å². The van der Waals surface area contributed by atoms with Crippen molar-refractivity contribution in [1.82, 2.24) is 24.6 Å². The van der Waals surface area contributed by atoms with Gasteiger partial charge in [-0.2, -0.15) is 5.10 Å². The molecule has 5 rings (SSSR count). The van der Waals surface area contributed by atoms with Crippen LogP contribution in [0.5, 0.6) is 0 Å². The maximum absolute atomic E-state index is 15.2. The maximum atomic E-state index is 15.2. The number of carbonyl (C=O) groups is 3. The minimum Gasteiger partial charge on any atom is -0.444 e. The van der Waals surface area contributed by atoms with Crippen LogP contribution < -0.4 is 10.6 Å². The van der Waals surface area contributed by atoms with Crippen molar-refractivity contribution < 1.29 is 28.2 Å². The molecule has 2 aromatic heterocycles. The number of para-hydroxylation sites is 1. The van der Waals surface area contributed by atoms with E-state index in [1.165, 1.54) is 12.3 Å². The zero-order valence-electron chi connectivity index (χ0n) is 29.9. The van der Waals surface area contributed by atoms with E-state index in [2.05, 4.69) is 20.3 Å². The second-order valence-corrected chi connectivity index (χ2v) is 14.1. The quantitative estimate of drug-likeness (QED) is 0.168. The molecule has 3 heterocycles. The molecule has 0 bridgehead atoms. The first-order valence-electron chi connectivity index (χ1n) is 17.2. The minimum atomic E-state index is -0.702. The molecule has 2 aromatic carbocycles. The van der Waals surface area contributed by atoms with Crippen LogP contribution in [0.1, 0.15) is 79.6 Å². The number of benzene rings is 2. The monoisotopic (exact) mass is 688 g/mol. The van der Waals surface area contributed by atoms with E-state index in [1.807, 2.05) is 30.0 Å². The van der Waals surface area contributed by atoms with Crippen molar-refractivity contribution in [3.8, 4) is 0 Å². The summed E-state index contributed by atoms with van der Waals surface area (Å²) in [4.78, 5) is 41.3. The van der Waals surface area contributed by atoms with E-state index in [4.69, 9.17) is 9.47 Å². The predicted molar refractivity (Wildman–Crippen MR) is 191 cm³/mol. The van der Waals surface area contributed by atoms with Gasteiger partial charge in [-0.15, -0.1) is 0 Å². The van der Waals surface area contributed by atoms with E-state index in [1.54, 1.807) is 64.0 Å². The normalized spacial score (nSPS) is 15.6. The Balaban J connectivity index is 1.31. The van der Waals surface area contributed by atoms with E-state index >= 15 is 4.39 Å². The van der Waals surface area contributed by atoms with Crippen molar-refractivity contribution in [1.29, 1.82) is 0 Å². The molecule has 0 spiro atoms. The lowest BCUT2D eigenvalue weighted by Gasteiger charge is -2.35. The number of aromatic nitrogens is 3. The lowest BCUT2D eigenvalue weighted by molar-refractivity contribution is -0.132. The summed E-state index contributed by atoms with van der Waals surface area (Å²) < 4.78 is 29.7. The number of halogens is 1. The number of hydrogen-bond donors (Lipinski definition) is 2. The predicted octanol–water partition coefficient (Wildman–Crippen LogP) is 6.34. The topological polar surface area (TPSA) is 120 Å². The van der Waals surface area contributed by atoms with Gasteiger partial charge in [0.2, 0.25) is 5.91 Å². The molecule has 268 valence electrons. The first-order valence-corrected chi connectivity index (χ1v) is 17.2. The van der Waals surface area contributed by atoms with Gasteiger partial charge in [0.15, 0.2) is 0 Å². The second-order valence-electron chi connectivity index (χ2n) is 14.1. The Bertz CT molecular complexity index is 1810. The largest absolute Gasteiger partial charge is 0.444 e. The number of piperidine rings is 1. The summed E-state index contributed by atoms with van der Waals surface area (Å²) >= 11 is 0. The van der Waals surface area contributed by atoms with Gasteiger partial charge in [-0.3, -0.25) is 14.3 Å². The van der Waals surface area contributed by atoms with Gasteiger partial charge in [-0.25, -0.2) is 9.18 Å². The highest BCUT2D eigenvalue weighted by Gasteiger charge is 2.31. The summed E-state index contributed by atoms with van der Waals surface area (Å²) in [5.74, 6) is -0.551. The number of fused-ring (bicyclic) bond motifs is 1. The molecule has 2 N–H and O–H groups in total. The van der Waals surface area contributed by atoms with Gasteiger partial charge in [-0.05, 0) is 82.7 Å². The molecular weight excluding hydrogens is 639 g/mol. The van der Waals surface area contributed by atoms with E-state index < -0.39 is 17.7 Å². The summed E-state index contributed by atoms with van der Waals surface area (Å²) in [5.41, 5.74) is 3.96. The van der Waals surface area contributed by atoms with Gasteiger partial charge in [0.1, 0.15) is 11.4 Å². The number of methoxy groups -OCH3 is 1. The second kappa shape index (κ2) is 15.9. The Morgan fingerprint density at radius 3 is 2.56 bits per heavy atom. The number of rotatable bonds is 12.